The summed E-state index contributed by atoms with van der Waals surface area (Å²) in [6.45, 7) is 0. The van der Waals surface area contributed by atoms with Gasteiger partial charge in [0.1, 0.15) is 5.56 Å². The standard InChI is InChI=1S/C23H22N2O4/c26-21(27)13-20(17-10-9-14-5-1-2-6-15(14)11-17)25-23(29)18-12-16-7-3-4-8-19(16)24-22(18)28/h1-2,5-6,9-12,20H,3-4,7-8,13H2,(H,24,28)(H,25,29)(H,26,27)/t20-/m0/s1. The predicted molar refractivity (Wildman–Crippen MR) is 110 cm³/mol. The molecule has 0 spiro atoms. The molecular weight excluding hydrogens is 368 g/mol. The molecule has 1 aliphatic carbocycles. The maximum absolute atomic E-state index is 12.9. The van der Waals surface area contributed by atoms with Crippen molar-refractivity contribution in [3.05, 3.63) is 81.3 Å². The largest absolute Gasteiger partial charge is 0.481 e. The van der Waals surface area contributed by atoms with Crippen LogP contribution in [0.25, 0.3) is 10.8 Å². The van der Waals surface area contributed by atoms with Gasteiger partial charge in [-0.05, 0) is 59.7 Å². The lowest BCUT2D eigenvalue weighted by atomic mass is 9.94. The van der Waals surface area contributed by atoms with Gasteiger partial charge >= 0.3 is 5.97 Å². The third-order valence-electron chi connectivity index (χ3n) is 5.44. The third kappa shape index (κ3) is 4.06. The molecule has 1 aromatic heterocycles. The van der Waals surface area contributed by atoms with Crippen LogP contribution < -0.4 is 10.9 Å². The normalized spacial score (nSPS) is 14.2. The summed E-state index contributed by atoms with van der Waals surface area (Å²) in [6.07, 6.45) is 3.42. The first-order chi connectivity index (χ1) is 14.0. The summed E-state index contributed by atoms with van der Waals surface area (Å²) >= 11 is 0. The van der Waals surface area contributed by atoms with Crippen LogP contribution in [0.5, 0.6) is 0 Å². The molecule has 1 aliphatic rings. The number of carbonyl (C=O) groups is 2. The minimum absolute atomic E-state index is 0.0295. The number of hydrogen-bond donors (Lipinski definition) is 3. The van der Waals surface area contributed by atoms with Gasteiger partial charge in [0.05, 0.1) is 12.5 Å². The fourth-order valence-electron chi connectivity index (χ4n) is 3.93. The number of aryl methyl sites for hydroxylation is 2. The molecule has 148 valence electrons. The van der Waals surface area contributed by atoms with E-state index in [1.165, 1.54) is 0 Å². The molecule has 1 amide bonds. The molecule has 6 heteroatoms. The number of rotatable bonds is 5. The molecule has 1 heterocycles. The zero-order valence-electron chi connectivity index (χ0n) is 15.9. The lowest BCUT2D eigenvalue weighted by molar-refractivity contribution is -0.137. The maximum Gasteiger partial charge on any atom is 0.305 e. The number of benzene rings is 2. The first-order valence-electron chi connectivity index (χ1n) is 9.77. The van der Waals surface area contributed by atoms with Gasteiger partial charge in [-0.1, -0.05) is 36.4 Å². The van der Waals surface area contributed by atoms with Gasteiger partial charge in [0.25, 0.3) is 11.5 Å². The van der Waals surface area contributed by atoms with Crippen molar-refractivity contribution in [2.45, 2.75) is 38.1 Å². The van der Waals surface area contributed by atoms with E-state index in [0.717, 1.165) is 47.7 Å². The van der Waals surface area contributed by atoms with Crippen LogP contribution in [0.4, 0.5) is 0 Å². The van der Waals surface area contributed by atoms with Crippen molar-refractivity contribution >= 4 is 22.6 Å². The quantitative estimate of drug-likeness (QED) is 0.622. The molecule has 29 heavy (non-hydrogen) atoms. The SMILES string of the molecule is O=C(O)C[C@H](NC(=O)c1cc2c([nH]c1=O)CCCC2)c1ccc2ccccc2c1. The van der Waals surface area contributed by atoms with Crippen molar-refractivity contribution < 1.29 is 14.7 Å². The Morgan fingerprint density at radius 3 is 2.59 bits per heavy atom. The Morgan fingerprint density at radius 1 is 1.03 bits per heavy atom. The summed E-state index contributed by atoms with van der Waals surface area (Å²) < 4.78 is 0. The summed E-state index contributed by atoms with van der Waals surface area (Å²) in [5.41, 5.74) is 2.17. The Bertz CT molecular complexity index is 1150. The highest BCUT2D eigenvalue weighted by Crippen LogP contribution is 2.24. The Kier molecular flexibility index (Phi) is 5.16. The summed E-state index contributed by atoms with van der Waals surface area (Å²) in [6, 6.07) is 14.2. The number of carboxylic acid groups (broad SMARTS) is 1. The van der Waals surface area contributed by atoms with Gasteiger partial charge in [0, 0.05) is 5.69 Å². The van der Waals surface area contributed by atoms with E-state index in [1.807, 2.05) is 42.5 Å². The monoisotopic (exact) mass is 390 g/mol. The highest BCUT2D eigenvalue weighted by atomic mass is 16.4. The molecule has 1 atom stereocenters. The maximum atomic E-state index is 12.9. The van der Waals surface area contributed by atoms with Crippen LogP contribution in [0, 0.1) is 0 Å². The molecule has 3 N–H and O–H groups in total. The summed E-state index contributed by atoms with van der Waals surface area (Å²) in [5, 5.41) is 14.1. The fourth-order valence-corrected chi connectivity index (χ4v) is 3.93. The van der Waals surface area contributed by atoms with Gasteiger partial charge in [0.2, 0.25) is 0 Å². The minimum atomic E-state index is -1.03. The topological polar surface area (TPSA) is 99.3 Å². The van der Waals surface area contributed by atoms with Crippen molar-refractivity contribution in [2.24, 2.45) is 0 Å². The van der Waals surface area contributed by atoms with E-state index in [2.05, 4.69) is 10.3 Å². The van der Waals surface area contributed by atoms with Gasteiger partial charge in [-0.2, -0.15) is 0 Å². The van der Waals surface area contributed by atoms with Crippen LogP contribution in [0.15, 0.2) is 53.3 Å². The van der Waals surface area contributed by atoms with Crippen molar-refractivity contribution in [3.63, 3.8) is 0 Å². The average Bonchev–Trinajstić information content (AvgIpc) is 2.72. The van der Waals surface area contributed by atoms with E-state index in [-0.39, 0.29) is 12.0 Å². The first kappa shape index (κ1) is 18.9. The van der Waals surface area contributed by atoms with Crippen molar-refractivity contribution in [1.29, 1.82) is 0 Å². The number of aliphatic carboxylic acids is 1. The first-order valence-corrected chi connectivity index (χ1v) is 9.77. The second kappa shape index (κ2) is 7.91. The Labute approximate surface area is 167 Å². The summed E-state index contributed by atoms with van der Waals surface area (Å²) in [5.74, 6) is -1.58. The van der Waals surface area contributed by atoms with Gasteiger partial charge in [-0.25, -0.2) is 0 Å². The number of pyridine rings is 1. The molecule has 3 aromatic rings. The molecule has 0 radical (unpaired) electrons. The van der Waals surface area contributed by atoms with Gasteiger partial charge in [-0.3, -0.25) is 14.4 Å². The molecule has 2 aromatic carbocycles. The highest BCUT2D eigenvalue weighted by Gasteiger charge is 2.22. The lowest BCUT2D eigenvalue weighted by Crippen LogP contribution is -2.34. The van der Waals surface area contributed by atoms with Crippen LogP contribution in [0.1, 0.15) is 52.5 Å². The number of fused-ring (bicyclic) bond motifs is 2. The third-order valence-corrected chi connectivity index (χ3v) is 5.44. The molecule has 0 saturated carbocycles. The second-order valence-electron chi connectivity index (χ2n) is 7.45. The highest BCUT2D eigenvalue weighted by molar-refractivity contribution is 5.94. The summed E-state index contributed by atoms with van der Waals surface area (Å²) in [7, 11) is 0. The fraction of sp³-hybridized carbons (Fsp3) is 0.261. The number of nitrogens with one attached hydrogen (secondary N) is 2. The number of carboxylic acids is 1. The molecule has 0 unspecified atom stereocenters. The zero-order valence-corrected chi connectivity index (χ0v) is 15.9. The van der Waals surface area contributed by atoms with Gasteiger partial charge in [-0.15, -0.1) is 0 Å². The van der Waals surface area contributed by atoms with E-state index in [9.17, 15) is 19.5 Å². The number of carbonyl (C=O) groups excluding carboxylic acids is 1. The van der Waals surface area contributed by atoms with Gasteiger partial charge < -0.3 is 15.4 Å². The minimum Gasteiger partial charge on any atom is -0.481 e. The lowest BCUT2D eigenvalue weighted by Gasteiger charge is -2.19. The molecule has 0 fully saturated rings. The number of amides is 1. The Morgan fingerprint density at radius 2 is 1.79 bits per heavy atom. The van der Waals surface area contributed by atoms with Crippen LogP contribution in [-0.2, 0) is 17.6 Å². The van der Waals surface area contributed by atoms with Crippen molar-refractivity contribution in [1.82, 2.24) is 10.3 Å². The smallest absolute Gasteiger partial charge is 0.305 e. The molecule has 0 bridgehead atoms. The van der Waals surface area contributed by atoms with Crippen molar-refractivity contribution in [2.75, 3.05) is 0 Å². The Balaban J connectivity index is 1.65. The van der Waals surface area contributed by atoms with Crippen LogP contribution in [-0.4, -0.2) is 22.0 Å². The second-order valence-corrected chi connectivity index (χ2v) is 7.45. The van der Waals surface area contributed by atoms with Crippen LogP contribution in [0.3, 0.4) is 0 Å². The number of aromatic amines is 1. The Hall–Kier alpha value is -3.41. The van der Waals surface area contributed by atoms with E-state index in [0.29, 0.717) is 5.56 Å². The predicted octanol–water partition coefficient (Wildman–Crippen LogP) is 3.35. The number of hydrogen-bond acceptors (Lipinski definition) is 3. The van der Waals surface area contributed by atoms with E-state index in [1.54, 1.807) is 6.07 Å². The number of aromatic nitrogens is 1. The molecule has 0 aliphatic heterocycles. The van der Waals surface area contributed by atoms with E-state index >= 15 is 0 Å². The van der Waals surface area contributed by atoms with E-state index < -0.39 is 23.5 Å². The summed E-state index contributed by atoms with van der Waals surface area (Å²) in [4.78, 5) is 39.5. The average molecular weight is 390 g/mol. The zero-order chi connectivity index (χ0) is 20.4. The van der Waals surface area contributed by atoms with E-state index in [4.69, 9.17) is 0 Å². The van der Waals surface area contributed by atoms with Gasteiger partial charge in [0.15, 0.2) is 0 Å². The molecular formula is C23H22N2O4. The van der Waals surface area contributed by atoms with Crippen molar-refractivity contribution in [3.8, 4) is 0 Å². The number of H-pyrrole nitrogens is 1. The van der Waals surface area contributed by atoms with Crippen LogP contribution >= 0.6 is 0 Å². The molecule has 4 rings (SSSR count). The molecule has 0 saturated heterocycles. The molecule has 6 nitrogen and oxygen atoms in total. The van der Waals surface area contributed by atoms with Crippen LogP contribution in [0.2, 0.25) is 0 Å².